The van der Waals surface area contributed by atoms with E-state index in [1.54, 1.807) is 12.1 Å². The van der Waals surface area contributed by atoms with Crippen molar-refractivity contribution in [1.29, 1.82) is 0 Å². The summed E-state index contributed by atoms with van der Waals surface area (Å²) in [4.78, 5) is 11.7. The SMILES string of the molecule is NS(=O)(=O)c1ccc(NC(=O)NCCNCc2ccc(F)cc2)cc1. The van der Waals surface area contributed by atoms with Crippen molar-refractivity contribution in [3.8, 4) is 0 Å². The van der Waals surface area contributed by atoms with Gasteiger partial charge in [-0.25, -0.2) is 22.7 Å². The average Bonchev–Trinajstić information content (AvgIpc) is 2.56. The maximum atomic E-state index is 12.8. The first-order valence-electron chi connectivity index (χ1n) is 7.47. The summed E-state index contributed by atoms with van der Waals surface area (Å²) in [5, 5.41) is 13.4. The van der Waals surface area contributed by atoms with Crippen molar-refractivity contribution in [2.75, 3.05) is 18.4 Å². The fraction of sp³-hybridized carbons (Fsp3) is 0.188. The number of hydrogen-bond acceptors (Lipinski definition) is 4. The van der Waals surface area contributed by atoms with Gasteiger partial charge in [-0.1, -0.05) is 12.1 Å². The number of carbonyl (C=O) groups is 1. The fourth-order valence-electron chi connectivity index (χ4n) is 2.00. The van der Waals surface area contributed by atoms with Gasteiger partial charge in [-0.15, -0.1) is 0 Å². The van der Waals surface area contributed by atoms with Crippen LogP contribution in [-0.4, -0.2) is 27.5 Å². The summed E-state index contributed by atoms with van der Waals surface area (Å²) in [5.74, 6) is -0.279. The number of amides is 2. The highest BCUT2D eigenvalue weighted by Gasteiger charge is 2.07. The van der Waals surface area contributed by atoms with Gasteiger partial charge in [0, 0.05) is 25.3 Å². The molecule has 2 rings (SSSR count). The third-order valence-corrected chi connectivity index (χ3v) is 4.20. The van der Waals surface area contributed by atoms with Crippen LogP contribution in [0.5, 0.6) is 0 Å². The molecule has 2 aromatic carbocycles. The van der Waals surface area contributed by atoms with E-state index in [9.17, 15) is 17.6 Å². The normalized spacial score (nSPS) is 11.1. The number of benzene rings is 2. The number of sulfonamides is 1. The van der Waals surface area contributed by atoms with Crippen molar-refractivity contribution < 1.29 is 17.6 Å². The van der Waals surface area contributed by atoms with Crippen molar-refractivity contribution in [3.05, 3.63) is 59.9 Å². The Hall–Kier alpha value is -2.49. The Morgan fingerprint density at radius 3 is 2.24 bits per heavy atom. The molecule has 0 unspecified atom stereocenters. The molecule has 134 valence electrons. The molecule has 0 heterocycles. The molecule has 5 N–H and O–H groups in total. The number of carbonyl (C=O) groups excluding carboxylic acids is 1. The Labute approximate surface area is 145 Å². The molecular weight excluding hydrogens is 347 g/mol. The van der Waals surface area contributed by atoms with Gasteiger partial charge in [0.05, 0.1) is 4.90 Å². The second kappa shape index (κ2) is 8.56. The predicted molar refractivity (Wildman–Crippen MR) is 92.9 cm³/mol. The fourth-order valence-corrected chi connectivity index (χ4v) is 2.52. The predicted octanol–water partition coefficient (Wildman–Crippen LogP) is 1.38. The van der Waals surface area contributed by atoms with Crippen molar-refractivity contribution in [3.63, 3.8) is 0 Å². The standard InChI is InChI=1S/C16H19FN4O3S/c17-13-3-1-12(2-4-13)11-19-9-10-20-16(22)21-14-5-7-15(8-6-14)25(18,23)24/h1-8,19H,9-11H2,(H2,18,23,24)(H2,20,21,22). The van der Waals surface area contributed by atoms with Crippen LogP contribution in [0.25, 0.3) is 0 Å². The minimum atomic E-state index is -3.75. The molecule has 0 bridgehead atoms. The van der Waals surface area contributed by atoms with Crippen LogP contribution in [0.2, 0.25) is 0 Å². The molecule has 9 heteroatoms. The maximum Gasteiger partial charge on any atom is 0.319 e. The molecule has 0 aliphatic heterocycles. The Bertz CT molecular complexity index is 808. The topological polar surface area (TPSA) is 113 Å². The van der Waals surface area contributed by atoms with E-state index in [4.69, 9.17) is 5.14 Å². The van der Waals surface area contributed by atoms with Crippen LogP contribution in [0.15, 0.2) is 53.4 Å². The van der Waals surface area contributed by atoms with Gasteiger partial charge in [0.25, 0.3) is 0 Å². The average molecular weight is 366 g/mol. The molecule has 2 amide bonds. The number of anilines is 1. The summed E-state index contributed by atoms with van der Waals surface area (Å²) in [5.41, 5.74) is 1.39. The zero-order chi connectivity index (χ0) is 18.3. The molecule has 0 atom stereocenters. The lowest BCUT2D eigenvalue weighted by Crippen LogP contribution is -2.34. The monoisotopic (exact) mass is 366 g/mol. The maximum absolute atomic E-state index is 12.8. The summed E-state index contributed by atoms with van der Waals surface area (Å²) >= 11 is 0. The second-order valence-corrected chi connectivity index (χ2v) is 6.81. The van der Waals surface area contributed by atoms with Crippen LogP contribution in [0, 0.1) is 5.82 Å². The number of nitrogens with one attached hydrogen (secondary N) is 3. The van der Waals surface area contributed by atoms with E-state index in [-0.39, 0.29) is 10.7 Å². The van der Waals surface area contributed by atoms with Crippen molar-refractivity contribution in [2.45, 2.75) is 11.4 Å². The number of halogens is 1. The molecule has 0 saturated heterocycles. The van der Waals surface area contributed by atoms with Gasteiger partial charge < -0.3 is 16.0 Å². The largest absolute Gasteiger partial charge is 0.337 e. The summed E-state index contributed by atoms with van der Waals surface area (Å²) in [6, 6.07) is 11.3. The van der Waals surface area contributed by atoms with Gasteiger partial charge in [-0.2, -0.15) is 0 Å². The van der Waals surface area contributed by atoms with E-state index < -0.39 is 16.1 Å². The minimum Gasteiger partial charge on any atom is -0.337 e. The molecule has 0 aliphatic rings. The van der Waals surface area contributed by atoms with Crippen LogP contribution in [0.3, 0.4) is 0 Å². The van der Waals surface area contributed by atoms with Gasteiger partial charge in [0.2, 0.25) is 10.0 Å². The Morgan fingerprint density at radius 2 is 1.64 bits per heavy atom. The van der Waals surface area contributed by atoms with Crippen LogP contribution < -0.4 is 21.1 Å². The summed E-state index contributed by atoms with van der Waals surface area (Å²) in [7, 11) is -3.75. The summed E-state index contributed by atoms with van der Waals surface area (Å²) in [6.07, 6.45) is 0. The van der Waals surface area contributed by atoms with Crippen LogP contribution >= 0.6 is 0 Å². The number of nitrogens with two attached hydrogens (primary N) is 1. The van der Waals surface area contributed by atoms with Gasteiger partial charge in [0.1, 0.15) is 5.82 Å². The molecule has 0 aromatic heterocycles. The third-order valence-electron chi connectivity index (χ3n) is 3.27. The summed E-state index contributed by atoms with van der Waals surface area (Å²) < 4.78 is 35.0. The third kappa shape index (κ3) is 6.49. The Balaban J connectivity index is 1.67. The van der Waals surface area contributed by atoms with Gasteiger partial charge >= 0.3 is 6.03 Å². The molecule has 0 fully saturated rings. The molecule has 0 saturated carbocycles. The lowest BCUT2D eigenvalue weighted by atomic mass is 10.2. The molecular formula is C16H19FN4O3S. The Morgan fingerprint density at radius 1 is 1.00 bits per heavy atom. The highest BCUT2D eigenvalue weighted by atomic mass is 32.2. The second-order valence-electron chi connectivity index (χ2n) is 5.25. The molecule has 25 heavy (non-hydrogen) atoms. The first-order chi connectivity index (χ1) is 11.8. The van der Waals surface area contributed by atoms with E-state index in [0.717, 1.165) is 5.56 Å². The van der Waals surface area contributed by atoms with Crippen molar-refractivity contribution >= 4 is 21.7 Å². The molecule has 0 spiro atoms. The molecule has 2 aromatic rings. The van der Waals surface area contributed by atoms with E-state index in [0.29, 0.717) is 25.3 Å². The number of hydrogen-bond donors (Lipinski definition) is 4. The molecule has 0 aliphatic carbocycles. The highest BCUT2D eigenvalue weighted by Crippen LogP contribution is 2.12. The quantitative estimate of drug-likeness (QED) is 0.555. The molecule has 0 radical (unpaired) electrons. The minimum absolute atomic E-state index is 0.0246. The first-order valence-corrected chi connectivity index (χ1v) is 9.02. The number of primary sulfonamides is 1. The van der Waals surface area contributed by atoms with Crippen molar-refractivity contribution in [2.24, 2.45) is 5.14 Å². The highest BCUT2D eigenvalue weighted by molar-refractivity contribution is 7.89. The first kappa shape index (κ1) is 18.8. The van der Waals surface area contributed by atoms with Gasteiger partial charge in [-0.05, 0) is 42.0 Å². The Kier molecular flexibility index (Phi) is 6.45. The zero-order valence-electron chi connectivity index (χ0n) is 13.3. The van der Waals surface area contributed by atoms with E-state index >= 15 is 0 Å². The van der Waals surface area contributed by atoms with E-state index in [1.807, 2.05) is 0 Å². The van der Waals surface area contributed by atoms with Gasteiger partial charge in [-0.3, -0.25) is 0 Å². The zero-order valence-corrected chi connectivity index (χ0v) is 14.1. The lowest BCUT2D eigenvalue weighted by Gasteiger charge is -2.09. The lowest BCUT2D eigenvalue weighted by molar-refractivity contribution is 0.252. The molecule has 7 nitrogen and oxygen atoms in total. The van der Waals surface area contributed by atoms with Crippen LogP contribution in [0.4, 0.5) is 14.9 Å². The van der Waals surface area contributed by atoms with Crippen molar-refractivity contribution in [1.82, 2.24) is 10.6 Å². The van der Waals surface area contributed by atoms with Crippen LogP contribution in [-0.2, 0) is 16.6 Å². The number of urea groups is 1. The van der Waals surface area contributed by atoms with Gasteiger partial charge in [0.15, 0.2) is 0 Å². The summed E-state index contributed by atoms with van der Waals surface area (Å²) in [6.45, 7) is 1.50. The van der Waals surface area contributed by atoms with Crippen LogP contribution in [0.1, 0.15) is 5.56 Å². The number of rotatable bonds is 7. The van der Waals surface area contributed by atoms with E-state index in [2.05, 4.69) is 16.0 Å². The van der Waals surface area contributed by atoms with E-state index in [1.165, 1.54) is 36.4 Å². The smallest absolute Gasteiger partial charge is 0.319 e.